The highest BCUT2D eigenvalue weighted by Crippen LogP contribution is 2.39. The smallest absolute Gasteiger partial charge is 0.407 e. The molecule has 25 heteroatoms. The van der Waals surface area contributed by atoms with Crippen LogP contribution in [-0.4, -0.2) is 151 Å². The summed E-state index contributed by atoms with van der Waals surface area (Å²) in [6.45, 7) is 3.79. The van der Waals surface area contributed by atoms with Gasteiger partial charge in [-0.15, -0.1) is 0 Å². The van der Waals surface area contributed by atoms with E-state index < -0.39 is 126 Å². The minimum absolute atomic E-state index is 0.0201. The number of aromatic hydroxyl groups is 1. The maximum Gasteiger partial charge on any atom is 0.407 e. The van der Waals surface area contributed by atoms with Gasteiger partial charge in [0.25, 0.3) is 0 Å². The van der Waals surface area contributed by atoms with E-state index in [0.29, 0.717) is 11.1 Å². The van der Waals surface area contributed by atoms with Crippen LogP contribution in [0.3, 0.4) is 0 Å². The number of nitrogens with one attached hydrogen (secondary N) is 1. The Labute approximate surface area is 578 Å². The van der Waals surface area contributed by atoms with Crippen LogP contribution in [0, 0.1) is 0 Å². The van der Waals surface area contributed by atoms with E-state index >= 15 is 0 Å². The van der Waals surface area contributed by atoms with E-state index in [4.69, 9.17) is 106 Å². The zero-order valence-corrected chi connectivity index (χ0v) is 56.2. The highest BCUT2D eigenvalue weighted by Gasteiger charge is 2.58. The summed E-state index contributed by atoms with van der Waals surface area (Å²) < 4.78 is 97.9. The van der Waals surface area contributed by atoms with Gasteiger partial charge >= 0.3 is 24.0 Å². The summed E-state index contributed by atoms with van der Waals surface area (Å²) in [6, 6.07) is 50.9. The lowest BCUT2D eigenvalue weighted by Gasteiger charge is -2.51. The number of benzene rings is 6. The number of hydrogen-bond donors (Lipinski definition) is 2. The maximum atomic E-state index is 14.5. The molecule has 0 aromatic heterocycles. The van der Waals surface area contributed by atoms with Gasteiger partial charge in [-0.3, -0.25) is 14.4 Å². The molecule has 3 aliphatic heterocycles. The maximum absolute atomic E-state index is 14.5. The van der Waals surface area contributed by atoms with Crippen LogP contribution in [0.25, 0.3) is 0 Å². The van der Waals surface area contributed by atoms with E-state index in [0.717, 1.165) is 22.3 Å². The van der Waals surface area contributed by atoms with E-state index in [1.54, 1.807) is 43.3 Å². The Balaban J connectivity index is 1.22. The fraction of sp³-hybridized carbons (Fsp3) is 0.431. The molecule has 2 N–H and O–H groups in total. The van der Waals surface area contributed by atoms with Crippen molar-refractivity contribution in [1.29, 1.82) is 0 Å². The predicted octanol–water partition coefficient (Wildman–Crippen LogP) is 10.7. The monoisotopic (exact) mass is 1400 g/mol. The number of phenols is 1. The van der Waals surface area contributed by atoms with Crippen LogP contribution in [0.2, 0.25) is 0 Å². The van der Waals surface area contributed by atoms with Crippen LogP contribution < -0.4 is 5.32 Å². The van der Waals surface area contributed by atoms with Crippen LogP contribution in [0.1, 0.15) is 73.9 Å². The molecule has 0 aliphatic carbocycles. The molecule has 3 saturated heterocycles. The van der Waals surface area contributed by atoms with Crippen molar-refractivity contribution in [1.82, 2.24) is 5.32 Å². The number of halogens is 3. The number of esters is 3. The Bertz CT molecular complexity index is 3380. The molecular formula is C72H80Cl3NO21. The summed E-state index contributed by atoms with van der Waals surface area (Å²) >= 11 is 18.5. The quantitative estimate of drug-likeness (QED) is 0.0226. The third-order valence-electron chi connectivity index (χ3n) is 15.7. The van der Waals surface area contributed by atoms with Crippen molar-refractivity contribution in [2.24, 2.45) is 0 Å². The van der Waals surface area contributed by atoms with E-state index in [9.17, 15) is 29.1 Å². The molecular weight excluding hydrogens is 1320 g/mol. The minimum Gasteiger partial charge on any atom is -0.508 e. The Morgan fingerprint density at radius 1 is 0.443 bits per heavy atom. The molecule has 15 atom stereocenters. The molecule has 3 aliphatic rings. The number of hydrogen-bond acceptors (Lipinski definition) is 21. The van der Waals surface area contributed by atoms with Gasteiger partial charge < -0.3 is 86.3 Å². The SMILES string of the molecule is CC(=O)CCC(=O)O[C@H]1[C@H](O[C@H]2[C@H](O[C@@H]3O[C@@H](C)[C@@H](OC(C)=O)[C@@H](OC(C)=O)[C@@H]3OCc3ccccc3)[C@@H](NC(=O)OCC(Cl)(Cl)Cl)[C@H](OCc3ccc(O)cc3)O[C@@H]2COCc2ccccc2)O[C@H](COCc2ccccc2)[C@H](OCc2ccccc2)[C@@H]1OCc1ccccc1. The number of alkyl carbamates (subject to hydrolysis) is 1. The van der Waals surface area contributed by atoms with E-state index in [1.165, 1.54) is 32.9 Å². The topological polar surface area (TPSA) is 256 Å². The molecule has 22 nitrogen and oxygen atoms in total. The van der Waals surface area contributed by atoms with Gasteiger partial charge in [0.05, 0.1) is 65.4 Å². The number of amides is 1. The van der Waals surface area contributed by atoms with Crippen LogP contribution in [0.15, 0.2) is 176 Å². The first-order chi connectivity index (χ1) is 46.8. The molecule has 0 radical (unpaired) electrons. The number of ether oxygens (including phenoxy) is 15. The van der Waals surface area contributed by atoms with Gasteiger partial charge in [0.2, 0.25) is 3.79 Å². The number of rotatable bonds is 32. The normalized spacial score (nSPS) is 25.7. The van der Waals surface area contributed by atoms with Crippen molar-refractivity contribution in [2.45, 2.75) is 176 Å². The summed E-state index contributed by atoms with van der Waals surface area (Å²) in [7, 11) is 0. The van der Waals surface area contributed by atoms with Gasteiger partial charge in [-0.25, -0.2) is 4.79 Å². The number of alkyl halides is 3. The first-order valence-electron chi connectivity index (χ1n) is 31.7. The van der Waals surface area contributed by atoms with Gasteiger partial charge in [0, 0.05) is 20.3 Å². The summed E-state index contributed by atoms with van der Waals surface area (Å²) in [4.78, 5) is 67.9. The number of ketones is 1. The highest BCUT2D eigenvalue weighted by atomic mass is 35.6. The number of carbonyl (C=O) groups is 5. The van der Waals surface area contributed by atoms with Crippen molar-refractivity contribution < 1.29 is 100 Å². The molecule has 97 heavy (non-hydrogen) atoms. The predicted molar refractivity (Wildman–Crippen MR) is 351 cm³/mol. The van der Waals surface area contributed by atoms with Crippen molar-refractivity contribution >= 4 is 64.6 Å². The Morgan fingerprint density at radius 3 is 1.36 bits per heavy atom. The molecule has 9 rings (SSSR count). The van der Waals surface area contributed by atoms with Crippen LogP contribution >= 0.6 is 34.8 Å². The molecule has 6 aromatic carbocycles. The molecule has 0 unspecified atom stereocenters. The van der Waals surface area contributed by atoms with Gasteiger partial charge in [-0.05, 0) is 59.4 Å². The lowest BCUT2D eigenvalue weighted by Crippen LogP contribution is -2.70. The second-order valence-electron chi connectivity index (χ2n) is 23.4. The molecule has 0 bridgehead atoms. The molecule has 1 amide bonds. The zero-order chi connectivity index (χ0) is 68.7. The first kappa shape index (κ1) is 74.1. The lowest BCUT2D eigenvalue weighted by atomic mass is 9.94. The van der Waals surface area contributed by atoms with Crippen molar-refractivity contribution in [2.75, 3.05) is 19.8 Å². The van der Waals surface area contributed by atoms with Crippen molar-refractivity contribution in [3.63, 3.8) is 0 Å². The summed E-state index contributed by atoms with van der Waals surface area (Å²) in [5.74, 6) is -2.64. The summed E-state index contributed by atoms with van der Waals surface area (Å²) in [6.07, 6.45) is -21.8. The minimum atomic E-state index is -2.10. The second-order valence-corrected chi connectivity index (χ2v) is 25.9. The third-order valence-corrected chi connectivity index (χ3v) is 16.1. The average molecular weight is 1400 g/mol. The molecule has 3 heterocycles. The molecule has 6 aromatic rings. The van der Waals surface area contributed by atoms with Gasteiger partial charge in [-0.1, -0.05) is 199 Å². The standard InChI is InChI=1S/C72H80Cl3NO21/c1-45(77)30-35-58(81)95-67-64(86-39-52-26-16-8-17-27-52)61(85-38-51-24-14-7-15-25-51)56(42-83-36-49-20-10-5-11-21-49)94-70(67)96-62-57(43-84-37-50-22-12-6-13-23-50)93-68(88-41-54-31-33-55(80)34-32-54)59(76-71(82)89-44-72(73,74)75)63(62)97-69-66(87-40-53-28-18-9-19-29-53)65(92-48(4)79)60(46(2)90-69)91-47(3)78/h5-29,31-34,46,56-57,59-70,80H,30,35-44H2,1-4H3,(H,76,82)/t46-,56+,57+,59+,60+,61-,62+,63+,64-,65+,66-,67+,68+,69-,70-/m0/s1. The second kappa shape index (κ2) is 37.2. The fourth-order valence-corrected chi connectivity index (χ4v) is 11.3. The summed E-state index contributed by atoms with van der Waals surface area (Å²) in [5.41, 5.74) is 4.35. The fourth-order valence-electron chi connectivity index (χ4n) is 11.2. The average Bonchev–Trinajstić information content (AvgIpc) is 0.792. The Morgan fingerprint density at radius 2 is 0.866 bits per heavy atom. The van der Waals surface area contributed by atoms with E-state index in [2.05, 4.69) is 5.32 Å². The number of Topliss-reactive ketones (excluding diaryl/α,β-unsaturated/α-hetero) is 1. The Hall–Kier alpha value is -7.10. The van der Waals surface area contributed by atoms with Gasteiger partial charge in [0.1, 0.15) is 66.9 Å². The number of carbonyl (C=O) groups excluding carboxylic acids is 5. The van der Waals surface area contributed by atoms with Crippen LogP contribution in [-0.2, 0) is 130 Å². The van der Waals surface area contributed by atoms with Gasteiger partial charge in [-0.2, -0.15) is 0 Å². The first-order valence-corrected chi connectivity index (χ1v) is 32.9. The molecule has 3 fully saturated rings. The van der Waals surface area contributed by atoms with E-state index in [-0.39, 0.29) is 77.2 Å². The largest absolute Gasteiger partial charge is 0.508 e. The van der Waals surface area contributed by atoms with Crippen LogP contribution in [0.4, 0.5) is 4.79 Å². The summed E-state index contributed by atoms with van der Waals surface area (Å²) in [5, 5.41) is 13.1. The van der Waals surface area contributed by atoms with Crippen molar-refractivity contribution in [3.05, 3.63) is 209 Å². The lowest BCUT2D eigenvalue weighted by molar-refractivity contribution is -0.380. The van der Waals surface area contributed by atoms with E-state index in [1.807, 2.05) is 127 Å². The third kappa shape index (κ3) is 23.3. The van der Waals surface area contributed by atoms with Crippen molar-refractivity contribution in [3.8, 4) is 5.75 Å². The van der Waals surface area contributed by atoms with Gasteiger partial charge in [0.15, 0.2) is 37.2 Å². The Kier molecular flexibility index (Phi) is 28.4. The zero-order valence-electron chi connectivity index (χ0n) is 53.9. The molecule has 520 valence electrons. The highest BCUT2D eigenvalue weighted by molar-refractivity contribution is 6.67. The molecule has 0 spiro atoms. The van der Waals surface area contributed by atoms with Crippen LogP contribution in [0.5, 0.6) is 5.75 Å². The number of phenolic OH excluding ortho intramolecular Hbond substituents is 1. The molecule has 0 saturated carbocycles.